The Labute approximate surface area is 150 Å². The molecule has 0 bridgehead atoms. The molecule has 4 rings (SSSR count). The normalized spacial score (nSPS) is 16.7. The van der Waals surface area contributed by atoms with Crippen molar-refractivity contribution >= 4 is 23.7 Å². The fraction of sp³-hybridized carbons (Fsp3) is 0.211. The van der Waals surface area contributed by atoms with Gasteiger partial charge in [-0.1, -0.05) is 17.7 Å². The number of hydrogen-bond acceptors (Lipinski definition) is 5. The van der Waals surface area contributed by atoms with Gasteiger partial charge < -0.3 is 14.4 Å². The summed E-state index contributed by atoms with van der Waals surface area (Å²) < 4.78 is 10.6. The summed E-state index contributed by atoms with van der Waals surface area (Å²) >= 11 is 0. The molecule has 0 atom stereocenters. The standard InChI is InChI=1S/C19H17N3O4/c1-13-2-5-15(6-3-13)21-10-19(24)22(11-18(21)23)20-9-14-4-7-16-17(8-14)26-12-25-16/h2-9H,10-12H2,1H3. The molecule has 2 aromatic rings. The lowest BCUT2D eigenvalue weighted by Crippen LogP contribution is -2.52. The van der Waals surface area contributed by atoms with Crippen LogP contribution < -0.4 is 14.4 Å². The number of amides is 2. The molecule has 0 unspecified atom stereocenters. The predicted molar refractivity (Wildman–Crippen MR) is 95.4 cm³/mol. The fourth-order valence-electron chi connectivity index (χ4n) is 2.80. The fourth-order valence-corrected chi connectivity index (χ4v) is 2.80. The number of carbonyl (C=O) groups excluding carboxylic acids is 2. The van der Waals surface area contributed by atoms with Gasteiger partial charge >= 0.3 is 0 Å². The molecular formula is C19H17N3O4. The number of nitrogens with zero attached hydrogens (tertiary/aromatic N) is 3. The minimum absolute atomic E-state index is 0.0274. The van der Waals surface area contributed by atoms with E-state index in [0.717, 1.165) is 11.1 Å². The Bertz CT molecular complexity index is 892. The number of rotatable bonds is 3. The van der Waals surface area contributed by atoms with E-state index in [1.54, 1.807) is 12.1 Å². The molecule has 2 aliphatic heterocycles. The van der Waals surface area contributed by atoms with E-state index >= 15 is 0 Å². The zero-order valence-corrected chi connectivity index (χ0v) is 14.2. The highest BCUT2D eigenvalue weighted by molar-refractivity contribution is 6.04. The summed E-state index contributed by atoms with van der Waals surface area (Å²) in [5.41, 5.74) is 2.57. The van der Waals surface area contributed by atoms with Crippen LogP contribution in [0.2, 0.25) is 0 Å². The van der Waals surface area contributed by atoms with Crippen molar-refractivity contribution in [2.24, 2.45) is 5.10 Å². The first kappa shape index (κ1) is 16.1. The van der Waals surface area contributed by atoms with Crippen molar-refractivity contribution in [1.29, 1.82) is 0 Å². The average molecular weight is 351 g/mol. The first-order valence-electron chi connectivity index (χ1n) is 8.21. The van der Waals surface area contributed by atoms with E-state index in [-0.39, 0.29) is 31.7 Å². The molecule has 1 fully saturated rings. The molecule has 26 heavy (non-hydrogen) atoms. The van der Waals surface area contributed by atoms with Gasteiger partial charge in [0.1, 0.15) is 13.1 Å². The van der Waals surface area contributed by atoms with Gasteiger partial charge in [0.05, 0.1) is 6.21 Å². The molecule has 0 spiro atoms. The summed E-state index contributed by atoms with van der Waals surface area (Å²) in [6.07, 6.45) is 1.54. The van der Waals surface area contributed by atoms with Crippen LogP contribution in [0.15, 0.2) is 47.6 Å². The number of anilines is 1. The molecule has 7 heteroatoms. The third-order valence-electron chi connectivity index (χ3n) is 4.26. The molecule has 2 aliphatic rings. The third kappa shape index (κ3) is 3.11. The number of hydrogen-bond donors (Lipinski definition) is 0. The van der Waals surface area contributed by atoms with Crippen molar-refractivity contribution < 1.29 is 19.1 Å². The number of fused-ring (bicyclic) bond motifs is 1. The Morgan fingerprint density at radius 3 is 2.54 bits per heavy atom. The molecular weight excluding hydrogens is 334 g/mol. The summed E-state index contributed by atoms with van der Waals surface area (Å²) in [4.78, 5) is 26.3. The van der Waals surface area contributed by atoms with E-state index < -0.39 is 0 Å². The van der Waals surface area contributed by atoms with Gasteiger partial charge in [-0.25, -0.2) is 5.01 Å². The summed E-state index contributed by atoms with van der Waals surface area (Å²) in [5.74, 6) is 0.916. The smallest absolute Gasteiger partial charge is 0.263 e. The third-order valence-corrected chi connectivity index (χ3v) is 4.26. The highest BCUT2D eigenvalue weighted by Gasteiger charge is 2.30. The van der Waals surface area contributed by atoms with Crippen molar-refractivity contribution in [2.75, 3.05) is 24.8 Å². The van der Waals surface area contributed by atoms with Gasteiger partial charge in [-0.15, -0.1) is 0 Å². The van der Waals surface area contributed by atoms with Crippen LogP contribution in [0.1, 0.15) is 11.1 Å². The summed E-state index contributed by atoms with van der Waals surface area (Å²) in [6, 6.07) is 12.9. The topological polar surface area (TPSA) is 71.4 Å². The maximum atomic E-state index is 12.4. The summed E-state index contributed by atoms with van der Waals surface area (Å²) in [7, 11) is 0. The molecule has 0 N–H and O–H groups in total. The number of hydrazone groups is 1. The molecule has 0 aliphatic carbocycles. The van der Waals surface area contributed by atoms with Gasteiger partial charge in [0.15, 0.2) is 11.5 Å². The van der Waals surface area contributed by atoms with Crippen LogP contribution in [-0.2, 0) is 9.59 Å². The Kier molecular flexibility index (Phi) is 4.04. The first-order valence-corrected chi connectivity index (χ1v) is 8.21. The van der Waals surface area contributed by atoms with Crippen LogP contribution in [-0.4, -0.2) is 42.9 Å². The number of piperazine rings is 1. The second kappa shape index (κ2) is 6.51. The zero-order chi connectivity index (χ0) is 18.1. The molecule has 0 radical (unpaired) electrons. The van der Waals surface area contributed by atoms with Gasteiger partial charge in [0, 0.05) is 5.69 Å². The van der Waals surface area contributed by atoms with Gasteiger partial charge in [-0.05, 0) is 42.8 Å². The van der Waals surface area contributed by atoms with E-state index in [1.165, 1.54) is 16.1 Å². The second-order valence-electron chi connectivity index (χ2n) is 6.12. The van der Waals surface area contributed by atoms with Crippen LogP contribution >= 0.6 is 0 Å². The molecule has 2 amide bonds. The minimum Gasteiger partial charge on any atom is -0.454 e. The maximum absolute atomic E-state index is 12.4. The van der Waals surface area contributed by atoms with E-state index in [9.17, 15) is 9.59 Å². The molecule has 2 heterocycles. The lowest BCUT2D eigenvalue weighted by atomic mass is 10.2. The first-order chi connectivity index (χ1) is 12.6. The van der Waals surface area contributed by atoms with Crippen LogP contribution in [0.5, 0.6) is 11.5 Å². The average Bonchev–Trinajstić information content (AvgIpc) is 3.11. The largest absolute Gasteiger partial charge is 0.454 e. The lowest BCUT2D eigenvalue weighted by molar-refractivity contribution is -0.138. The highest BCUT2D eigenvalue weighted by atomic mass is 16.7. The van der Waals surface area contributed by atoms with Crippen molar-refractivity contribution in [3.8, 4) is 11.5 Å². The molecule has 0 aromatic heterocycles. The zero-order valence-electron chi connectivity index (χ0n) is 14.2. The second-order valence-corrected chi connectivity index (χ2v) is 6.12. The number of aryl methyl sites for hydroxylation is 1. The van der Waals surface area contributed by atoms with Gasteiger partial charge in [0.25, 0.3) is 5.91 Å². The van der Waals surface area contributed by atoms with Crippen molar-refractivity contribution in [3.63, 3.8) is 0 Å². The van der Waals surface area contributed by atoms with E-state index in [1.807, 2.05) is 37.3 Å². The van der Waals surface area contributed by atoms with Crippen LogP contribution in [0, 0.1) is 6.92 Å². The Morgan fingerprint density at radius 1 is 0.962 bits per heavy atom. The van der Waals surface area contributed by atoms with Crippen LogP contribution in [0.4, 0.5) is 5.69 Å². The lowest BCUT2D eigenvalue weighted by Gasteiger charge is -2.31. The molecule has 1 saturated heterocycles. The molecule has 132 valence electrons. The molecule has 2 aromatic carbocycles. The molecule has 7 nitrogen and oxygen atoms in total. The van der Waals surface area contributed by atoms with E-state index in [4.69, 9.17) is 9.47 Å². The maximum Gasteiger partial charge on any atom is 0.263 e. The van der Waals surface area contributed by atoms with Gasteiger partial charge in [0.2, 0.25) is 12.7 Å². The number of ether oxygens (including phenoxy) is 2. The highest BCUT2D eigenvalue weighted by Crippen LogP contribution is 2.32. The van der Waals surface area contributed by atoms with E-state index in [2.05, 4.69) is 5.10 Å². The Hall–Kier alpha value is -3.35. The van der Waals surface area contributed by atoms with Crippen LogP contribution in [0.25, 0.3) is 0 Å². The minimum atomic E-state index is -0.234. The Balaban J connectivity index is 1.47. The summed E-state index contributed by atoms with van der Waals surface area (Å²) in [5, 5.41) is 5.36. The SMILES string of the molecule is Cc1ccc(N2CC(=O)N(N=Cc3ccc4c(c3)OCO4)CC2=O)cc1. The van der Waals surface area contributed by atoms with Crippen molar-refractivity contribution in [2.45, 2.75) is 6.92 Å². The van der Waals surface area contributed by atoms with Crippen molar-refractivity contribution in [3.05, 3.63) is 53.6 Å². The predicted octanol–water partition coefficient (Wildman–Crippen LogP) is 1.93. The van der Waals surface area contributed by atoms with Gasteiger partial charge in [-0.2, -0.15) is 5.10 Å². The van der Waals surface area contributed by atoms with Gasteiger partial charge in [-0.3, -0.25) is 9.59 Å². The monoisotopic (exact) mass is 351 g/mol. The summed E-state index contributed by atoms with van der Waals surface area (Å²) in [6.45, 7) is 2.05. The Morgan fingerprint density at radius 2 is 1.73 bits per heavy atom. The van der Waals surface area contributed by atoms with Crippen molar-refractivity contribution in [1.82, 2.24) is 5.01 Å². The number of benzene rings is 2. The quantitative estimate of drug-likeness (QED) is 0.792. The van der Waals surface area contributed by atoms with Crippen LogP contribution in [0.3, 0.4) is 0 Å². The van der Waals surface area contributed by atoms with E-state index in [0.29, 0.717) is 17.2 Å². The number of carbonyl (C=O) groups is 2. The molecule has 0 saturated carbocycles.